The minimum atomic E-state index is -1.94. The van der Waals surface area contributed by atoms with Gasteiger partial charge in [-0.2, -0.15) is 0 Å². The Kier molecular flexibility index (Phi) is 10.8. The topological polar surface area (TPSA) is 328 Å². The van der Waals surface area contributed by atoms with Crippen molar-refractivity contribution in [3.63, 3.8) is 0 Å². The van der Waals surface area contributed by atoms with Crippen molar-refractivity contribution in [2.75, 3.05) is 13.2 Å². The second kappa shape index (κ2) is 14.9. The van der Waals surface area contributed by atoms with Crippen molar-refractivity contribution in [2.45, 2.75) is 92.9 Å². The van der Waals surface area contributed by atoms with E-state index in [9.17, 15) is 66.1 Å². The number of ether oxygens (including phenoxy) is 6. The molecule has 0 radical (unpaired) electrons. The third kappa shape index (κ3) is 7.09. The molecule has 3 aliphatic heterocycles. The molecule has 3 aromatic rings. The SMILES string of the molecule is CC1O[C@@H](OCC2O[C@@H](Oc3cc(O)c4c(=O)c(O)c(-c5ccc(O)c(O)c5)oc4c3)C(O[C@@H]3OC[C@@H](O)[C@H](O)C3O)[C@@H](O)[C@@H]2O)[C@@H](O)C(O)[C@H]1O. The summed E-state index contributed by atoms with van der Waals surface area (Å²) in [6.07, 6.45) is -22.9. The van der Waals surface area contributed by atoms with Crippen LogP contribution in [-0.4, -0.2) is 161 Å². The smallest absolute Gasteiger partial charge is 0.238 e. The Bertz CT molecular complexity index is 1800. The van der Waals surface area contributed by atoms with E-state index >= 15 is 0 Å². The lowest BCUT2D eigenvalue weighted by Gasteiger charge is -2.45. The number of aliphatic hydroxyl groups is 8. The highest BCUT2D eigenvalue weighted by molar-refractivity contribution is 5.88. The fraction of sp³-hybridized carbons (Fsp3) is 0.531. The predicted octanol–water partition coefficient (Wildman–Crippen LogP) is -3.22. The Hall–Kier alpha value is -3.87. The number of hydrogen-bond donors (Lipinski definition) is 12. The van der Waals surface area contributed by atoms with Gasteiger partial charge in [-0.15, -0.1) is 0 Å². The van der Waals surface area contributed by atoms with E-state index in [4.69, 9.17) is 32.8 Å². The number of benzene rings is 2. The maximum absolute atomic E-state index is 13.1. The monoisotopic (exact) mass is 742 g/mol. The first kappa shape index (κ1) is 37.9. The van der Waals surface area contributed by atoms with Crippen LogP contribution in [0.3, 0.4) is 0 Å². The van der Waals surface area contributed by atoms with Crippen molar-refractivity contribution in [3.8, 4) is 40.1 Å². The lowest BCUT2D eigenvalue weighted by molar-refractivity contribution is -0.352. The second-order valence-corrected chi connectivity index (χ2v) is 12.6. The van der Waals surface area contributed by atoms with E-state index in [-0.39, 0.29) is 16.9 Å². The number of hydrogen-bond acceptors (Lipinski definition) is 20. The third-order valence-corrected chi connectivity index (χ3v) is 9.04. The van der Waals surface area contributed by atoms with Gasteiger partial charge in [0.25, 0.3) is 0 Å². The summed E-state index contributed by atoms with van der Waals surface area (Å²) in [4.78, 5) is 13.1. The van der Waals surface area contributed by atoms with E-state index < -0.39 is 139 Å². The van der Waals surface area contributed by atoms with Gasteiger partial charge in [0.05, 0.1) is 19.3 Å². The molecule has 4 heterocycles. The van der Waals surface area contributed by atoms with Crippen LogP contribution < -0.4 is 10.2 Å². The Labute approximate surface area is 292 Å². The molecule has 0 bridgehead atoms. The fourth-order valence-electron chi connectivity index (χ4n) is 6.00. The summed E-state index contributed by atoms with van der Waals surface area (Å²) in [6.45, 7) is 0.288. The molecular formula is C32H38O20. The molecule has 0 amide bonds. The molecule has 3 saturated heterocycles. The van der Waals surface area contributed by atoms with E-state index in [0.29, 0.717) is 0 Å². The number of aromatic hydroxyl groups is 4. The van der Waals surface area contributed by atoms with Crippen molar-refractivity contribution >= 4 is 11.0 Å². The predicted molar refractivity (Wildman–Crippen MR) is 167 cm³/mol. The maximum Gasteiger partial charge on any atom is 0.238 e. The van der Waals surface area contributed by atoms with Crippen LogP contribution >= 0.6 is 0 Å². The van der Waals surface area contributed by atoms with E-state index in [1.165, 1.54) is 13.0 Å². The minimum absolute atomic E-state index is 0.0385. The van der Waals surface area contributed by atoms with E-state index in [0.717, 1.165) is 24.3 Å². The first-order valence-corrected chi connectivity index (χ1v) is 15.9. The van der Waals surface area contributed by atoms with Crippen LogP contribution in [0.5, 0.6) is 28.7 Å². The largest absolute Gasteiger partial charge is 0.507 e. The van der Waals surface area contributed by atoms with Crippen LogP contribution in [0.15, 0.2) is 39.5 Å². The molecule has 0 saturated carbocycles. The van der Waals surface area contributed by atoms with Gasteiger partial charge in [-0.1, -0.05) is 0 Å². The van der Waals surface area contributed by atoms with Gasteiger partial charge in [0, 0.05) is 17.7 Å². The Morgan fingerprint density at radius 3 is 2.15 bits per heavy atom. The number of phenols is 3. The zero-order chi connectivity index (χ0) is 37.8. The summed E-state index contributed by atoms with van der Waals surface area (Å²) in [5, 5.41) is 124. The Morgan fingerprint density at radius 2 is 1.44 bits per heavy atom. The van der Waals surface area contributed by atoms with Gasteiger partial charge in [-0.05, 0) is 25.1 Å². The van der Waals surface area contributed by atoms with Gasteiger partial charge >= 0.3 is 0 Å². The molecule has 0 aliphatic carbocycles. The van der Waals surface area contributed by atoms with E-state index in [2.05, 4.69) is 0 Å². The van der Waals surface area contributed by atoms with Crippen molar-refractivity contribution in [1.82, 2.24) is 0 Å². The van der Waals surface area contributed by atoms with Crippen LogP contribution in [0, 0.1) is 0 Å². The van der Waals surface area contributed by atoms with Crippen molar-refractivity contribution in [1.29, 1.82) is 0 Å². The van der Waals surface area contributed by atoms with Crippen LogP contribution in [0.1, 0.15) is 6.92 Å². The number of rotatable bonds is 8. The first-order chi connectivity index (χ1) is 24.6. The summed E-state index contributed by atoms with van der Waals surface area (Å²) in [5.41, 5.74) is -1.49. The molecule has 1 aromatic heterocycles. The quantitative estimate of drug-likeness (QED) is 0.101. The molecular weight excluding hydrogens is 704 g/mol. The fourth-order valence-corrected chi connectivity index (χ4v) is 6.00. The van der Waals surface area contributed by atoms with Crippen LogP contribution in [0.4, 0.5) is 0 Å². The Balaban J connectivity index is 1.31. The summed E-state index contributed by atoms with van der Waals surface area (Å²) >= 11 is 0. The number of phenolic OH excluding ortho intramolecular Hbond substituents is 3. The van der Waals surface area contributed by atoms with Crippen LogP contribution in [0.25, 0.3) is 22.3 Å². The van der Waals surface area contributed by atoms with Crippen LogP contribution in [-0.2, 0) is 23.7 Å². The molecule has 0 spiro atoms. The van der Waals surface area contributed by atoms with Crippen molar-refractivity contribution in [2.24, 2.45) is 0 Å². The summed E-state index contributed by atoms with van der Waals surface area (Å²) in [6, 6.07) is 5.30. The molecule has 20 nitrogen and oxygen atoms in total. The summed E-state index contributed by atoms with van der Waals surface area (Å²) < 4.78 is 39.4. The van der Waals surface area contributed by atoms with Gasteiger partial charge in [0.2, 0.25) is 17.5 Å². The normalized spacial score (nSPS) is 36.9. The lowest BCUT2D eigenvalue weighted by Crippen LogP contribution is -2.64. The number of aliphatic hydroxyl groups excluding tert-OH is 8. The van der Waals surface area contributed by atoms with Gasteiger partial charge in [0.15, 0.2) is 35.9 Å². The highest BCUT2D eigenvalue weighted by atomic mass is 16.8. The summed E-state index contributed by atoms with van der Waals surface area (Å²) in [5.74, 6) is -3.57. The second-order valence-electron chi connectivity index (χ2n) is 12.6. The molecule has 52 heavy (non-hydrogen) atoms. The molecule has 5 unspecified atom stereocenters. The average Bonchev–Trinajstić information content (AvgIpc) is 3.10. The van der Waals surface area contributed by atoms with Crippen molar-refractivity contribution < 1.29 is 94.1 Å². The van der Waals surface area contributed by atoms with Gasteiger partial charge in [0.1, 0.15) is 77.4 Å². The highest BCUT2D eigenvalue weighted by Gasteiger charge is 2.51. The molecule has 20 heteroatoms. The molecule has 14 atom stereocenters. The third-order valence-electron chi connectivity index (χ3n) is 9.04. The molecule has 3 fully saturated rings. The zero-order valence-electron chi connectivity index (χ0n) is 27.0. The lowest BCUT2D eigenvalue weighted by atomic mass is 9.98. The zero-order valence-corrected chi connectivity index (χ0v) is 27.0. The molecule has 2 aromatic carbocycles. The number of fused-ring (bicyclic) bond motifs is 1. The average molecular weight is 743 g/mol. The minimum Gasteiger partial charge on any atom is -0.507 e. The molecule has 12 N–H and O–H groups in total. The van der Waals surface area contributed by atoms with E-state index in [1.807, 2.05) is 0 Å². The highest BCUT2D eigenvalue weighted by Crippen LogP contribution is 2.39. The first-order valence-electron chi connectivity index (χ1n) is 15.9. The van der Waals surface area contributed by atoms with E-state index in [1.54, 1.807) is 0 Å². The molecule has 286 valence electrons. The standard InChI is InChI=1S/C32H38O20/c1-9-19(37)23(41)27(45)30(48-9)47-8-17-21(39)24(42)29(52-31-26(44)20(38)15(36)7-46-31)32(51-17)49-11-5-14(35)18-16(6-11)50-28(25(43)22(18)40)10-2-3-12(33)13(34)4-10/h2-6,9,15,17,19-21,23-24,26-27,29-39,41-45H,7-8H2,1H3/t9?,15-,17?,19+,20+,21-,23?,24+,26?,27+,29?,30-,31+,32-/m1/s1. The van der Waals surface area contributed by atoms with Gasteiger partial charge < -0.3 is 94.1 Å². The Morgan fingerprint density at radius 1 is 0.731 bits per heavy atom. The summed E-state index contributed by atoms with van der Waals surface area (Å²) in [7, 11) is 0. The molecule has 3 aliphatic rings. The van der Waals surface area contributed by atoms with Gasteiger partial charge in [-0.25, -0.2) is 0 Å². The molecule has 6 rings (SSSR count). The van der Waals surface area contributed by atoms with Crippen LogP contribution in [0.2, 0.25) is 0 Å². The van der Waals surface area contributed by atoms with Gasteiger partial charge in [-0.3, -0.25) is 4.79 Å². The maximum atomic E-state index is 13.1. The van der Waals surface area contributed by atoms with Crippen molar-refractivity contribution in [3.05, 3.63) is 40.6 Å².